The zero-order valence-corrected chi connectivity index (χ0v) is 18.1. The maximum Gasteiger partial charge on any atom is 0.407 e. The molecule has 0 unspecified atom stereocenters. The average molecular weight is 418 g/mol. The first kappa shape index (κ1) is 20.7. The topological polar surface area (TPSA) is 83.2 Å². The third-order valence-electron chi connectivity index (χ3n) is 5.29. The van der Waals surface area contributed by atoms with Crippen molar-refractivity contribution in [3.63, 3.8) is 0 Å². The Labute approximate surface area is 182 Å². The highest BCUT2D eigenvalue weighted by Gasteiger charge is 2.29. The fraction of sp³-hybridized carbons (Fsp3) is 0.375. The van der Waals surface area contributed by atoms with Crippen molar-refractivity contribution in [1.82, 2.24) is 14.9 Å². The summed E-state index contributed by atoms with van der Waals surface area (Å²) in [5.74, 6) is 0.849. The monoisotopic (exact) mass is 417 g/mol. The summed E-state index contributed by atoms with van der Waals surface area (Å²) in [5.41, 5.74) is 3.03. The Bertz CT molecular complexity index is 1140. The molecule has 0 saturated carbocycles. The van der Waals surface area contributed by atoms with E-state index in [1.165, 1.54) is 0 Å². The van der Waals surface area contributed by atoms with E-state index in [4.69, 9.17) is 9.72 Å². The molecule has 31 heavy (non-hydrogen) atoms. The Kier molecular flexibility index (Phi) is 5.55. The van der Waals surface area contributed by atoms with Gasteiger partial charge in [-0.15, -0.1) is 0 Å². The van der Waals surface area contributed by atoms with Gasteiger partial charge in [0.2, 0.25) is 5.95 Å². The van der Waals surface area contributed by atoms with Gasteiger partial charge in [-0.3, -0.25) is 0 Å². The quantitative estimate of drug-likeness (QED) is 0.692. The zero-order chi connectivity index (χ0) is 22.0. The number of hydrogen-bond acceptors (Lipinski definition) is 5. The Morgan fingerprint density at radius 3 is 2.74 bits per heavy atom. The summed E-state index contributed by atoms with van der Waals surface area (Å²) in [6.45, 7) is 7.56. The van der Waals surface area contributed by atoms with Gasteiger partial charge in [-0.1, -0.05) is 30.3 Å². The van der Waals surface area contributed by atoms with E-state index in [9.17, 15) is 10.1 Å². The summed E-state index contributed by atoms with van der Waals surface area (Å²) in [4.78, 5) is 19.2. The summed E-state index contributed by atoms with van der Waals surface area (Å²) < 4.78 is 7.55. The Morgan fingerprint density at radius 1 is 1.23 bits per heavy atom. The van der Waals surface area contributed by atoms with Crippen LogP contribution in [-0.2, 0) is 11.3 Å². The van der Waals surface area contributed by atoms with Crippen LogP contribution in [0.5, 0.6) is 0 Å². The van der Waals surface area contributed by atoms with Crippen molar-refractivity contribution in [3.8, 4) is 6.07 Å². The number of nitrogens with zero attached hydrogens (tertiary/aromatic N) is 4. The van der Waals surface area contributed by atoms with Gasteiger partial charge < -0.3 is 19.5 Å². The van der Waals surface area contributed by atoms with Gasteiger partial charge in [0, 0.05) is 13.1 Å². The number of amides is 1. The summed E-state index contributed by atoms with van der Waals surface area (Å²) >= 11 is 0. The van der Waals surface area contributed by atoms with Crippen LogP contribution in [0.4, 0.5) is 10.7 Å². The van der Waals surface area contributed by atoms with Crippen molar-refractivity contribution in [2.45, 2.75) is 45.4 Å². The number of carbonyl (C=O) groups is 1. The number of carbonyl (C=O) groups excluding carboxylic acids is 1. The van der Waals surface area contributed by atoms with E-state index >= 15 is 0 Å². The van der Waals surface area contributed by atoms with Gasteiger partial charge in [0.25, 0.3) is 0 Å². The minimum Gasteiger partial charge on any atom is -0.444 e. The molecule has 7 nitrogen and oxygen atoms in total. The van der Waals surface area contributed by atoms with Crippen LogP contribution in [-0.4, -0.2) is 40.4 Å². The largest absolute Gasteiger partial charge is 0.444 e. The molecule has 3 aromatic rings. The van der Waals surface area contributed by atoms with E-state index in [0.717, 1.165) is 35.5 Å². The van der Waals surface area contributed by atoms with Crippen molar-refractivity contribution in [1.29, 1.82) is 5.26 Å². The molecule has 4 rings (SSSR count). The molecule has 1 aliphatic rings. The molecular formula is C24H27N5O2. The second-order valence-electron chi connectivity index (χ2n) is 8.83. The fourth-order valence-corrected chi connectivity index (χ4v) is 3.93. The number of hydrogen-bond donors (Lipinski definition) is 1. The van der Waals surface area contributed by atoms with Crippen molar-refractivity contribution in [3.05, 3.63) is 59.7 Å². The third kappa shape index (κ3) is 4.64. The van der Waals surface area contributed by atoms with E-state index < -0.39 is 11.7 Å². The number of rotatable bonds is 4. The summed E-state index contributed by atoms with van der Waals surface area (Å²) in [7, 11) is 0. The maximum absolute atomic E-state index is 12.2. The van der Waals surface area contributed by atoms with Crippen LogP contribution in [0.2, 0.25) is 0 Å². The second kappa shape index (κ2) is 8.31. The van der Waals surface area contributed by atoms with E-state index in [0.29, 0.717) is 18.7 Å². The number of nitriles is 1. The summed E-state index contributed by atoms with van der Waals surface area (Å²) in [6, 6.07) is 17.9. The van der Waals surface area contributed by atoms with Crippen LogP contribution < -0.4 is 10.2 Å². The summed E-state index contributed by atoms with van der Waals surface area (Å²) in [5, 5.41) is 12.5. The number of aromatic nitrogens is 2. The lowest BCUT2D eigenvalue weighted by molar-refractivity contribution is 0.0509. The van der Waals surface area contributed by atoms with Crippen molar-refractivity contribution < 1.29 is 9.53 Å². The first-order valence-electron chi connectivity index (χ1n) is 10.5. The molecule has 0 spiro atoms. The van der Waals surface area contributed by atoms with E-state index in [2.05, 4.69) is 20.9 Å². The number of para-hydroxylation sites is 2. The minimum atomic E-state index is -0.523. The van der Waals surface area contributed by atoms with E-state index in [1.54, 1.807) is 0 Å². The number of fused-ring (bicyclic) bond motifs is 1. The van der Waals surface area contributed by atoms with Crippen LogP contribution in [0, 0.1) is 11.3 Å². The lowest BCUT2D eigenvalue weighted by Crippen LogP contribution is -2.40. The number of anilines is 1. The van der Waals surface area contributed by atoms with E-state index in [1.807, 2.05) is 69.3 Å². The predicted octanol–water partition coefficient (Wildman–Crippen LogP) is 4.06. The standard InChI is InChI=1S/C24H27N5O2/c1-24(2,3)31-23(30)26-19-12-13-28(16-19)22-27-20-10-6-7-11-21(20)29(22)15-18-9-5-4-8-17(18)14-25/h4-11,19H,12-13,15-16H2,1-3H3,(H,26,30)/t19-/m0/s1. The van der Waals surface area contributed by atoms with Gasteiger partial charge in [0.1, 0.15) is 5.60 Å². The molecule has 160 valence electrons. The van der Waals surface area contributed by atoms with Crippen molar-refractivity contribution in [2.24, 2.45) is 0 Å². The Morgan fingerprint density at radius 2 is 1.97 bits per heavy atom. The first-order chi connectivity index (χ1) is 14.8. The Balaban J connectivity index is 1.59. The molecule has 1 aromatic heterocycles. The normalized spacial score (nSPS) is 16.3. The van der Waals surface area contributed by atoms with Crippen LogP contribution in [0.15, 0.2) is 48.5 Å². The Hall–Kier alpha value is -3.53. The van der Waals surface area contributed by atoms with Gasteiger partial charge in [-0.2, -0.15) is 5.26 Å². The van der Waals surface area contributed by atoms with Gasteiger partial charge in [-0.25, -0.2) is 9.78 Å². The highest BCUT2D eigenvalue weighted by Crippen LogP contribution is 2.27. The lowest BCUT2D eigenvalue weighted by atomic mass is 10.1. The van der Waals surface area contributed by atoms with Crippen LogP contribution in [0.1, 0.15) is 38.3 Å². The van der Waals surface area contributed by atoms with Crippen LogP contribution in [0.3, 0.4) is 0 Å². The molecule has 0 aliphatic carbocycles. The smallest absolute Gasteiger partial charge is 0.407 e. The SMILES string of the molecule is CC(C)(C)OC(=O)N[C@H]1CCN(c2nc3ccccc3n2Cc2ccccc2C#N)C1. The highest BCUT2D eigenvalue weighted by atomic mass is 16.6. The summed E-state index contributed by atoms with van der Waals surface area (Å²) in [6.07, 6.45) is 0.424. The molecule has 1 saturated heterocycles. The van der Waals surface area contributed by atoms with Crippen LogP contribution >= 0.6 is 0 Å². The molecule has 1 aliphatic heterocycles. The van der Waals surface area contributed by atoms with Crippen LogP contribution in [0.25, 0.3) is 11.0 Å². The number of nitrogens with one attached hydrogen (secondary N) is 1. The lowest BCUT2D eigenvalue weighted by Gasteiger charge is -2.22. The predicted molar refractivity (Wildman–Crippen MR) is 120 cm³/mol. The number of ether oxygens (including phenoxy) is 1. The van der Waals surface area contributed by atoms with Gasteiger partial charge in [0.15, 0.2) is 0 Å². The molecule has 0 radical (unpaired) electrons. The molecule has 2 aromatic carbocycles. The number of benzene rings is 2. The highest BCUT2D eigenvalue weighted by molar-refractivity contribution is 5.79. The zero-order valence-electron chi connectivity index (χ0n) is 18.1. The molecule has 2 heterocycles. The average Bonchev–Trinajstić information content (AvgIpc) is 3.32. The first-order valence-corrected chi connectivity index (χ1v) is 10.5. The van der Waals surface area contributed by atoms with Gasteiger partial charge in [0.05, 0.1) is 35.3 Å². The molecule has 1 atom stereocenters. The fourth-order valence-electron chi connectivity index (χ4n) is 3.93. The third-order valence-corrected chi connectivity index (χ3v) is 5.29. The van der Waals surface area contributed by atoms with Crippen molar-refractivity contribution in [2.75, 3.05) is 18.0 Å². The maximum atomic E-state index is 12.2. The molecule has 0 bridgehead atoms. The molecule has 1 N–H and O–H groups in total. The molecule has 1 fully saturated rings. The number of alkyl carbamates (subject to hydrolysis) is 1. The van der Waals surface area contributed by atoms with Crippen molar-refractivity contribution >= 4 is 23.1 Å². The molecule has 7 heteroatoms. The second-order valence-corrected chi connectivity index (χ2v) is 8.83. The van der Waals surface area contributed by atoms with Gasteiger partial charge >= 0.3 is 6.09 Å². The minimum absolute atomic E-state index is 0.00509. The van der Waals surface area contributed by atoms with Gasteiger partial charge in [-0.05, 0) is 51.0 Å². The molecular weight excluding hydrogens is 390 g/mol. The molecule has 1 amide bonds. The number of imidazole rings is 1. The van der Waals surface area contributed by atoms with E-state index in [-0.39, 0.29) is 6.04 Å².